The molecule has 13 aromatic rings. The second-order valence-electron chi connectivity index (χ2n) is 16.1. The minimum Gasteiger partial charge on any atom is -0.455 e. The average Bonchev–Trinajstić information content (AvgIpc) is 3.99. The van der Waals surface area contributed by atoms with Crippen molar-refractivity contribution in [3.05, 3.63) is 206 Å². The largest absolute Gasteiger partial charge is 0.455 e. The summed E-state index contributed by atoms with van der Waals surface area (Å²) in [6.07, 6.45) is 0. The molecule has 0 atom stereocenters. The maximum atomic E-state index is 6.88. The van der Waals surface area contributed by atoms with E-state index in [1.807, 2.05) is 42.5 Å². The van der Waals surface area contributed by atoms with Gasteiger partial charge in [0.2, 0.25) is 5.89 Å². The van der Waals surface area contributed by atoms with Gasteiger partial charge in [0.15, 0.2) is 23.1 Å². The average molecular weight is 819 g/mol. The van der Waals surface area contributed by atoms with Gasteiger partial charge in [0, 0.05) is 22.1 Å². The van der Waals surface area contributed by atoms with E-state index in [0.29, 0.717) is 40.1 Å². The molecule has 3 heterocycles. The third kappa shape index (κ3) is 5.88. The van der Waals surface area contributed by atoms with Crippen LogP contribution in [0.4, 0.5) is 0 Å². The standard InChI is InChI=1S/C58H34N4O2/c1-3-14-36(15-4-1)44-23-11-20-38-21-12-24-45(50(38)44)37-26-28-39(29-27-37)55-60-56(43-30-25-35-13-7-8-18-41(35)33-43)62-57(61-55)47-34-42-19-9-10-22-46(42)51-52-48(63-54(47)51)31-32-49-53(52)59-58(64-49)40-16-5-2-6-17-40/h1-34H. The summed E-state index contributed by atoms with van der Waals surface area (Å²) >= 11 is 0. The maximum absolute atomic E-state index is 6.88. The Morgan fingerprint density at radius 2 is 0.875 bits per heavy atom. The molecule has 0 saturated carbocycles. The number of rotatable bonds is 6. The lowest BCUT2D eigenvalue weighted by atomic mass is 9.91. The van der Waals surface area contributed by atoms with Gasteiger partial charge >= 0.3 is 0 Å². The van der Waals surface area contributed by atoms with Crippen LogP contribution in [0.5, 0.6) is 0 Å². The van der Waals surface area contributed by atoms with Gasteiger partial charge in [-0.05, 0) is 91.0 Å². The second kappa shape index (κ2) is 14.4. The first-order valence-electron chi connectivity index (χ1n) is 21.4. The summed E-state index contributed by atoms with van der Waals surface area (Å²) in [6, 6.07) is 71.3. The van der Waals surface area contributed by atoms with Gasteiger partial charge in [-0.25, -0.2) is 19.9 Å². The highest BCUT2D eigenvalue weighted by molar-refractivity contribution is 6.27. The number of fused-ring (bicyclic) bond motifs is 9. The van der Waals surface area contributed by atoms with E-state index >= 15 is 0 Å². The topological polar surface area (TPSA) is 77.8 Å². The Bertz CT molecular complexity index is 3940. The molecule has 0 bridgehead atoms. The van der Waals surface area contributed by atoms with Crippen molar-refractivity contribution in [2.45, 2.75) is 0 Å². The molecule has 13 rings (SSSR count). The summed E-state index contributed by atoms with van der Waals surface area (Å²) in [4.78, 5) is 20.8. The normalized spacial score (nSPS) is 11.8. The second-order valence-corrected chi connectivity index (χ2v) is 16.1. The minimum absolute atomic E-state index is 0.509. The zero-order chi connectivity index (χ0) is 42.1. The zero-order valence-electron chi connectivity index (χ0n) is 34.2. The van der Waals surface area contributed by atoms with E-state index in [1.165, 1.54) is 21.9 Å². The van der Waals surface area contributed by atoms with Crippen LogP contribution < -0.4 is 0 Å². The first-order chi connectivity index (χ1) is 31.7. The van der Waals surface area contributed by atoms with Gasteiger partial charge in [-0.15, -0.1) is 0 Å². The minimum atomic E-state index is 0.509. The number of hydrogen-bond donors (Lipinski definition) is 0. The Kier molecular flexibility index (Phi) is 8.11. The molecule has 0 saturated heterocycles. The zero-order valence-corrected chi connectivity index (χ0v) is 34.2. The van der Waals surface area contributed by atoms with Gasteiger partial charge < -0.3 is 8.83 Å². The van der Waals surface area contributed by atoms with Crippen molar-refractivity contribution in [3.63, 3.8) is 0 Å². The Morgan fingerprint density at radius 3 is 1.64 bits per heavy atom. The van der Waals surface area contributed by atoms with Crippen LogP contribution in [0.1, 0.15) is 0 Å². The maximum Gasteiger partial charge on any atom is 0.227 e. The predicted octanol–water partition coefficient (Wildman–Crippen LogP) is 15.4. The number of aromatic nitrogens is 4. The Labute approximate surface area is 366 Å². The number of hydrogen-bond acceptors (Lipinski definition) is 6. The highest BCUT2D eigenvalue weighted by Gasteiger charge is 2.24. The van der Waals surface area contributed by atoms with Crippen molar-refractivity contribution >= 4 is 65.4 Å². The summed E-state index contributed by atoms with van der Waals surface area (Å²) in [5.41, 5.74) is 10.9. The van der Waals surface area contributed by atoms with Gasteiger partial charge in [0.25, 0.3) is 0 Å². The molecule has 298 valence electrons. The lowest BCUT2D eigenvalue weighted by Gasteiger charge is -2.13. The smallest absolute Gasteiger partial charge is 0.227 e. The van der Waals surface area contributed by atoms with Crippen LogP contribution in [0.2, 0.25) is 0 Å². The van der Waals surface area contributed by atoms with Crippen molar-refractivity contribution < 1.29 is 8.83 Å². The molecule has 0 radical (unpaired) electrons. The van der Waals surface area contributed by atoms with Crippen molar-refractivity contribution in [2.75, 3.05) is 0 Å². The number of benzene rings is 10. The molecule has 0 aliphatic rings. The molecular formula is C58H34N4O2. The summed E-state index contributed by atoms with van der Waals surface area (Å²) in [6.45, 7) is 0. The molecule has 0 fully saturated rings. The summed E-state index contributed by atoms with van der Waals surface area (Å²) in [5, 5.41) is 8.56. The van der Waals surface area contributed by atoms with Gasteiger partial charge in [-0.1, -0.05) is 170 Å². The first kappa shape index (κ1) is 36.0. The monoisotopic (exact) mass is 818 g/mol. The van der Waals surface area contributed by atoms with Crippen molar-refractivity contribution in [2.24, 2.45) is 0 Å². The quantitative estimate of drug-likeness (QED) is 0.166. The molecule has 3 aromatic heterocycles. The van der Waals surface area contributed by atoms with Crippen LogP contribution in [0.15, 0.2) is 215 Å². The fraction of sp³-hybridized carbons (Fsp3) is 0. The van der Waals surface area contributed by atoms with E-state index in [9.17, 15) is 0 Å². The van der Waals surface area contributed by atoms with Crippen molar-refractivity contribution in [1.82, 2.24) is 19.9 Å². The molecular weight excluding hydrogens is 785 g/mol. The lowest BCUT2D eigenvalue weighted by Crippen LogP contribution is -2.00. The summed E-state index contributed by atoms with van der Waals surface area (Å²) in [7, 11) is 0. The molecule has 0 aliphatic carbocycles. The molecule has 0 amide bonds. The Hall–Kier alpha value is -8.74. The lowest BCUT2D eigenvalue weighted by molar-refractivity contribution is 0.619. The van der Waals surface area contributed by atoms with E-state index in [0.717, 1.165) is 71.2 Å². The number of oxazole rings is 1. The third-order valence-electron chi connectivity index (χ3n) is 12.3. The van der Waals surface area contributed by atoms with Gasteiger partial charge in [0.05, 0.1) is 10.9 Å². The van der Waals surface area contributed by atoms with Crippen LogP contribution in [-0.4, -0.2) is 19.9 Å². The van der Waals surface area contributed by atoms with Crippen molar-refractivity contribution in [1.29, 1.82) is 0 Å². The highest BCUT2D eigenvalue weighted by Crippen LogP contribution is 2.44. The molecule has 6 nitrogen and oxygen atoms in total. The molecule has 0 unspecified atom stereocenters. The van der Waals surface area contributed by atoms with Crippen LogP contribution in [0.3, 0.4) is 0 Å². The number of furan rings is 1. The van der Waals surface area contributed by atoms with E-state index in [-0.39, 0.29) is 0 Å². The fourth-order valence-corrected chi connectivity index (χ4v) is 9.29. The Balaban J connectivity index is 1.02. The van der Waals surface area contributed by atoms with Gasteiger partial charge in [-0.2, -0.15) is 0 Å². The first-order valence-corrected chi connectivity index (χ1v) is 21.4. The van der Waals surface area contributed by atoms with E-state index in [4.69, 9.17) is 28.8 Å². The predicted molar refractivity (Wildman–Crippen MR) is 260 cm³/mol. The Morgan fingerprint density at radius 1 is 0.297 bits per heavy atom. The van der Waals surface area contributed by atoms with Crippen LogP contribution >= 0.6 is 0 Å². The molecule has 0 spiro atoms. The molecule has 0 aliphatic heterocycles. The highest BCUT2D eigenvalue weighted by atomic mass is 16.4. The molecule has 6 heteroatoms. The number of nitrogens with zero attached hydrogens (tertiary/aromatic N) is 4. The molecule has 0 N–H and O–H groups in total. The third-order valence-corrected chi connectivity index (χ3v) is 12.3. The molecule has 64 heavy (non-hydrogen) atoms. The van der Waals surface area contributed by atoms with Crippen LogP contribution in [-0.2, 0) is 0 Å². The molecule has 10 aromatic carbocycles. The SMILES string of the molecule is c1ccc(-c2nc3c(ccc4oc5c(-c6nc(-c7ccc(-c8cccc9cccc(-c%10ccccc%10)c89)cc7)nc(-c7ccc8ccccc8c7)n6)cc6ccccc6c5c43)o2)cc1. The summed E-state index contributed by atoms with van der Waals surface area (Å²) in [5.74, 6) is 2.20. The fourth-order valence-electron chi connectivity index (χ4n) is 9.29. The van der Waals surface area contributed by atoms with E-state index in [1.54, 1.807) is 0 Å². The van der Waals surface area contributed by atoms with Gasteiger partial charge in [-0.3, -0.25) is 0 Å². The van der Waals surface area contributed by atoms with E-state index in [2.05, 4.69) is 164 Å². The van der Waals surface area contributed by atoms with Crippen molar-refractivity contribution in [3.8, 4) is 67.9 Å². The van der Waals surface area contributed by atoms with Crippen LogP contribution in [0.25, 0.3) is 133 Å². The van der Waals surface area contributed by atoms with Gasteiger partial charge in [0.1, 0.15) is 16.7 Å². The van der Waals surface area contributed by atoms with E-state index < -0.39 is 0 Å². The van der Waals surface area contributed by atoms with Crippen LogP contribution in [0, 0.1) is 0 Å². The summed E-state index contributed by atoms with van der Waals surface area (Å²) < 4.78 is 13.2.